The molecule has 0 saturated carbocycles. The summed E-state index contributed by atoms with van der Waals surface area (Å²) in [6, 6.07) is 19.1. The number of hydrogen-bond acceptors (Lipinski definition) is 3. The van der Waals surface area contributed by atoms with Gasteiger partial charge < -0.3 is 9.88 Å². The summed E-state index contributed by atoms with van der Waals surface area (Å²) in [7, 11) is 0. The Balaban J connectivity index is 1.42. The predicted molar refractivity (Wildman–Crippen MR) is 136 cm³/mol. The third-order valence-corrected chi connectivity index (χ3v) is 6.72. The van der Waals surface area contributed by atoms with Crippen molar-refractivity contribution in [1.29, 1.82) is 0 Å². The van der Waals surface area contributed by atoms with Crippen molar-refractivity contribution in [3.63, 3.8) is 0 Å². The van der Waals surface area contributed by atoms with Crippen LogP contribution in [0.5, 0.6) is 0 Å². The van der Waals surface area contributed by atoms with Gasteiger partial charge in [0.15, 0.2) is 0 Å². The van der Waals surface area contributed by atoms with Gasteiger partial charge in [0, 0.05) is 28.7 Å². The third kappa shape index (κ3) is 4.75. The first kappa shape index (κ1) is 23.8. The second-order valence-corrected chi connectivity index (χ2v) is 9.20. The van der Waals surface area contributed by atoms with Gasteiger partial charge in [0.2, 0.25) is 11.8 Å². The number of fused-ring (bicyclic) bond motifs is 1. The average molecular weight is 504 g/mol. The van der Waals surface area contributed by atoms with Gasteiger partial charge in [-0.05, 0) is 60.0 Å². The number of rotatable bonds is 7. The Morgan fingerprint density at radius 3 is 2.50 bits per heavy atom. The Bertz CT molecular complexity index is 1430. The molecule has 1 atom stereocenters. The van der Waals surface area contributed by atoms with Gasteiger partial charge >= 0.3 is 0 Å². The summed E-state index contributed by atoms with van der Waals surface area (Å²) in [5.41, 5.74) is 3.05. The van der Waals surface area contributed by atoms with Gasteiger partial charge in [-0.15, -0.1) is 0 Å². The summed E-state index contributed by atoms with van der Waals surface area (Å²) in [4.78, 5) is 45.5. The van der Waals surface area contributed by atoms with Crippen LogP contribution in [-0.2, 0) is 27.2 Å². The molecule has 36 heavy (non-hydrogen) atoms. The maximum Gasteiger partial charge on any atom is 0.257 e. The molecule has 1 unspecified atom stereocenters. The second kappa shape index (κ2) is 9.95. The van der Waals surface area contributed by atoms with Gasteiger partial charge in [0.05, 0.1) is 18.5 Å². The van der Waals surface area contributed by atoms with Crippen molar-refractivity contribution in [1.82, 2.24) is 9.88 Å². The molecule has 6 nitrogen and oxygen atoms in total. The molecule has 3 amide bonds. The number of carbonyl (C=O) groups excluding carboxylic acids is 3. The maximum atomic E-state index is 13.5. The normalized spacial score (nSPS) is 15.6. The summed E-state index contributed by atoms with van der Waals surface area (Å²) < 4.78 is 13.4. The fourth-order valence-corrected chi connectivity index (χ4v) is 4.76. The zero-order chi connectivity index (χ0) is 25.2. The monoisotopic (exact) mass is 503 g/mol. The molecule has 0 aliphatic carbocycles. The van der Waals surface area contributed by atoms with E-state index >= 15 is 0 Å². The van der Waals surface area contributed by atoms with Crippen molar-refractivity contribution in [2.45, 2.75) is 25.3 Å². The van der Waals surface area contributed by atoms with Crippen molar-refractivity contribution in [2.24, 2.45) is 0 Å². The lowest BCUT2D eigenvalue weighted by Crippen LogP contribution is -2.47. The van der Waals surface area contributed by atoms with Crippen molar-refractivity contribution >= 4 is 45.9 Å². The fraction of sp³-hybridized carbons (Fsp3) is 0.179. The minimum atomic E-state index is -0.937. The lowest BCUT2D eigenvalue weighted by atomic mass is 10.1. The number of anilines is 1. The van der Waals surface area contributed by atoms with Crippen LogP contribution in [0.3, 0.4) is 0 Å². The summed E-state index contributed by atoms with van der Waals surface area (Å²) in [6.07, 6.45) is 2.35. The van der Waals surface area contributed by atoms with Crippen LogP contribution in [0, 0.1) is 5.82 Å². The van der Waals surface area contributed by atoms with Gasteiger partial charge in [-0.1, -0.05) is 41.9 Å². The van der Waals surface area contributed by atoms with Crippen LogP contribution in [0.2, 0.25) is 5.02 Å². The lowest BCUT2D eigenvalue weighted by molar-refractivity contribution is -0.137. The summed E-state index contributed by atoms with van der Waals surface area (Å²) in [5.74, 6) is -1.64. The first-order valence-electron chi connectivity index (χ1n) is 11.6. The van der Waals surface area contributed by atoms with Crippen LogP contribution < -0.4 is 4.90 Å². The molecule has 1 aliphatic rings. The number of hydrogen-bond donors (Lipinski definition) is 1. The van der Waals surface area contributed by atoms with Gasteiger partial charge in [-0.25, -0.2) is 9.29 Å². The van der Waals surface area contributed by atoms with E-state index in [1.807, 2.05) is 30.5 Å². The first-order chi connectivity index (χ1) is 17.4. The van der Waals surface area contributed by atoms with Crippen LogP contribution in [-0.4, -0.2) is 40.2 Å². The SMILES string of the molecule is O=C1CC(N(CCc2c[nH]c3ccccc23)C(=O)Cc2ccc(Cl)cc2)C(=O)N1c1ccc(F)cc1. The standard InChI is InChI=1S/C28H23ClFN3O3/c29-20-7-5-18(6-8-20)15-26(34)32(14-13-19-17-31-24-4-2-1-3-23(19)24)25-16-27(35)33(28(25)36)22-11-9-21(30)10-12-22/h1-12,17,25,31H,13-16H2. The van der Waals surface area contributed by atoms with E-state index in [9.17, 15) is 18.8 Å². The molecule has 0 bridgehead atoms. The number of imide groups is 1. The van der Waals surface area contributed by atoms with E-state index in [1.165, 1.54) is 29.2 Å². The van der Waals surface area contributed by atoms with Crippen molar-refractivity contribution < 1.29 is 18.8 Å². The van der Waals surface area contributed by atoms with E-state index in [1.54, 1.807) is 24.3 Å². The van der Waals surface area contributed by atoms with Crippen LogP contribution in [0.1, 0.15) is 17.5 Å². The minimum Gasteiger partial charge on any atom is -0.361 e. The number of halogens is 2. The van der Waals surface area contributed by atoms with Crippen molar-refractivity contribution in [3.05, 3.63) is 101 Å². The Hall–Kier alpha value is -3.97. The molecule has 4 aromatic rings. The van der Waals surface area contributed by atoms with E-state index in [4.69, 9.17) is 11.6 Å². The molecule has 0 spiro atoms. The number of amides is 3. The van der Waals surface area contributed by atoms with Gasteiger partial charge in [0.1, 0.15) is 11.9 Å². The van der Waals surface area contributed by atoms with Gasteiger partial charge in [-0.2, -0.15) is 0 Å². The number of carbonyl (C=O) groups is 3. The van der Waals surface area contributed by atoms with Crippen molar-refractivity contribution in [2.75, 3.05) is 11.4 Å². The molecule has 0 radical (unpaired) electrons. The molecule has 1 fully saturated rings. The number of para-hydroxylation sites is 1. The first-order valence-corrected chi connectivity index (χ1v) is 12.0. The minimum absolute atomic E-state index is 0.0690. The topological polar surface area (TPSA) is 73.5 Å². The van der Waals surface area contributed by atoms with E-state index in [0.29, 0.717) is 11.4 Å². The number of aromatic nitrogens is 1. The molecule has 5 rings (SSSR count). The zero-order valence-electron chi connectivity index (χ0n) is 19.3. The van der Waals surface area contributed by atoms with E-state index in [2.05, 4.69) is 4.98 Å². The molecular weight excluding hydrogens is 481 g/mol. The molecule has 1 N–H and O–H groups in total. The summed E-state index contributed by atoms with van der Waals surface area (Å²) in [5, 5.41) is 1.61. The average Bonchev–Trinajstić information content (AvgIpc) is 3.42. The van der Waals surface area contributed by atoms with Gasteiger partial charge in [0.25, 0.3) is 5.91 Å². The molecule has 1 aromatic heterocycles. The molecule has 182 valence electrons. The third-order valence-electron chi connectivity index (χ3n) is 6.47. The second-order valence-electron chi connectivity index (χ2n) is 8.76. The number of aromatic amines is 1. The highest BCUT2D eigenvalue weighted by Gasteiger charge is 2.44. The predicted octanol–water partition coefficient (Wildman–Crippen LogP) is 4.91. The van der Waals surface area contributed by atoms with Crippen molar-refractivity contribution in [3.8, 4) is 0 Å². The Morgan fingerprint density at radius 2 is 1.75 bits per heavy atom. The fourth-order valence-electron chi connectivity index (χ4n) is 4.63. The highest BCUT2D eigenvalue weighted by atomic mass is 35.5. The van der Waals surface area contributed by atoms with Crippen LogP contribution in [0.25, 0.3) is 10.9 Å². The van der Waals surface area contributed by atoms with Crippen LogP contribution >= 0.6 is 11.6 Å². The molecular formula is C28H23ClFN3O3. The number of nitrogens with one attached hydrogen (secondary N) is 1. The van der Waals surface area contributed by atoms with E-state index in [-0.39, 0.29) is 31.0 Å². The number of H-pyrrole nitrogens is 1. The lowest BCUT2D eigenvalue weighted by Gasteiger charge is -2.28. The van der Waals surface area contributed by atoms with Crippen LogP contribution in [0.4, 0.5) is 10.1 Å². The number of nitrogens with zero attached hydrogens (tertiary/aromatic N) is 2. The molecule has 3 aromatic carbocycles. The Morgan fingerprint density at radius 1 is 1.03 bits per heavy atom. The highest BCUT2D eigenvalue weighted by molar-refractivity contribution is 6.30. The largest absolute Gasteiger partial charge is 0.361 e. The van der Waals surface area contributed by atoms with Crippen LogP contribution in [0.15, 0.2) is 79.0 Å². The molecule has 1 aliphatic heterocycles. The smallest absolute Gasteiger partial charge is 0.257 e. The summed E-state index contributed by atoms with van der Waals surface area (Å²) >= 11 is 5.98. The molecule has 8 heteroatoms. The maximum absolute atomic E-state index is 13.5. The highest BCUT2D eigenvalue weighted by Crippen LogP contribution is 2.27. The quantitative estimate of drug-likeness (QED) is 0.364. The van der Waals surface area contributed by atoms with Gasteiger partial charge in [-0.3, -0.25) is 14.4 Å². The Labute approximate surface area is 212 Å². The number of benzene rings is 3. The Kier molecular flexibility index (Phi) is 6.57. The molecule has 2 heterocycles. The zero-order valence-corrected chi connectivity index (χ0v) is 20.0. The van der Waals surface area contributed by atoms with E-state index in [0.717, 1.165) is 26.9 Å². The van der Waals surface area contributed by atoms with E-state index < -0.39 is 23.7 Å². The summed E-state index contributed by atoms with van der Waals surface area (Å²) in [6.45, 7) is 0.259. The molecule has 1 saturated heterocycles.